The van der Waals surface area contributed by atoms with Gasteiger partial charge >= 0.3 is 5.97 Å². The number of carbonyl (C=O) groups is 1. The van der Waals surface area contributed by atoms with Crippen LogP contribution in [0.4, 0.5) is 0 Å². The van der Waals surface area contributed by atoms with Crippen LogP contribution in [0, 0.1) is 5.92 Å². The molecular formula is C13H18O2. The van der Waals surface area contributed by atoms with E-state index >= 15 is 0 Å². The standard InChI is InChI=1S/C13H18O2/c1-9(2)8-11-6-4-5-7-12(11)10(3)13(14)15/h4-7,9-10H,8H2,1-3H3,(H,14,15)/t10-/m1/s1. The molecule has 1 aromatic rings. The minimum atomic E-state index is -0.758. The molecule has 15 heavy (non-hydrogen) atoms. The molecule has 0 fully saturated rings. The van der Waals surface area contributed by atoms with Crippen LogP contribution in [-0.2, 0) is 11.2 Å². The van der Waals surface area contributed by atoms with Gasteiger partial charge in [0.1, 0.15) is 0 Å². The summed E-state index contributed by atoms with van der Waals surface area (Å²) in [6.45, 7) is 6.02. The van der Waals surface area contributed by atoms with Crippen LogP contribution >= 0.6 is 0 Å². The van der Waals surface area contributed by atoms with Gasteiger partial charge in [0, 0.05) is 0 Å². The zero-order chi connectivity index (χ0) is 11.4. The average Bonchev–Trinajstić information content (AvgIpc) is 2.16. The molecule has 0 unspecified atom stereocenters. The van der Waals surface area contributed by atoms with Gasteiger partial charge in [-0.15, -0.1) is 0 Å². The molecule has 0 heterocycles. The quantitative estimate of drug-likeness (QED) is 0.822. The van der Waals surface area contributed by atoms with Gasteiger partial charge < -0.3 is 5.11 Å². The second-order valence-electron chi connectivity index (χ2n) is 4.36. The zero-order valence-corrected chi connectivity index (χ0v) is 9.53. The van der Waals surface area contributed by atoms with Crippen molar-refractivity contribution in [3.8, 4) is 0 Å². The lowest BCUT2D eigenvalue weighted by Crippen LogP contribution is -2.11. The molecule has 0 aliphatic heterocycles. The van der Waals surface area contributed by atoms with Crippen molar-refractivity contribution in [1.82, 2.24) is 0 Å². The van der Waals surface area contributed by atoms with E-state index in [2.05, 4.69) is 13.8 Å². The van der Waals surface area contributed by atoms with Gasteiger partial charge in [0.25, 0.3) is 0 Å². The van der Waals surface area contributed by atoms with E-state index in [0.29, 0.717) is 5.92 Å². The number of hydrogen-bond donors (Lipinski definition) is 1. The smallest absolute Gasteiger partial charge is 0.310 e. The van der Waals surface area contributed by atoms with E-state index in [9.17, 15) is 4.79 Å². The topological polar surface area (TPSA) is 37.3 Å². The van der Waals surface area contributed by atoms with Gasteiger partial charge in [-0.05, 0) is 30.4 Å². The van der Waals surface area contributed by atoms with E-state index in [4.69, 9.17) is 5.11 Å². The lowest BCUT2D eigenvalue weighted by atomic mass is 9.91. The molecule has 0 saturated carbocycles. The molecule has 1 N–H and O–H groups in total. The van der Waals surface area contributed by atoms with Crippen LogP contribution in [-0.4, -0.2) is 11.1 Å². The largest absolute Gasteiger partial charge is 0.481 e. The third-order valence-electron chi connectivity index (χ3n) is 2.52. The van der Waals surface area contributed by atoms with Crippen molar-refractivity contribution in [3.05, 3.63) is 35.4 Å². The van der Waals surface area contributed by atoms with Crippen molar-refractivity contribution in [3.63, 3.8) is 0 Å². The number of benzene rings is 1. The highest BCUT2D eigenvalue weighted by atomic mass is 16.4. The van der Waals surface area contributed by atoms with E-state index in [1.807, 2.05) is 24.3 Å². The number of carboxylic acids is 1. The number of carboxylic acid groups (broad SMARTS) is 1. The van der Waals surface area contributed by atoms with E-state index in [-0.39, 0.29) is 0 Å². The maximum absolute atomic E-state index is 10.9. The van der Waals surface area contributed by atoms with Gasteiger partial charge in [-0.2, -0.15) is 0 Å². The Bertz CT molecular complexity index is 342. The first-order valence-corrected chi connectivity index (χ1v) is 5.33. The third kappa shape index (κ3) is 3.08. The maximum Gasteiger partial charge on any atom is 0.310 e. The van der Waals surface area contributed by atoms with Crippen LogP contribution < -0.4 is 0 Å². The summed E-state index contributed by atoms with van der Waals surface area (Å²) in [6, 6.07) is 7.81. The Morgan fingerprint density at radius 2 is 1.87 bits per heavy atom. The van der Waals surface area contributed by atoms with Gasteiger partial charge in [-0.25, -0.2) is 0 Å². The Morgan fingerprint density at radius 3 is 2.40 bits per heavy atom. The van der Waals surface area contributed by atoms with Crippen molar-refractivity contribution in [2.45, 2.75) is 33.1 Å². The molecule has 1 atom stereocenters. The molecule has 0 aliphatic rings. The number of hydrogen-bond acceptors (Lipinski definition) is 1. The molecule has 1 aromatic carbocycles. The molecule has 0 aromatic heterocycles. The molecular weight excluding hydrogens is 188 g/mol. The molecule has 2 nitrogen and oxygen atoms in total. The summed E-state index contributed by atoms with van der Waals surface area (Å²) in [6.07, 6.45) is 0.938. The molecule has 82 valence electrons. The van der Waals surface area contributed by atoms with Crippen molar-refractivity contribution < 1.29 is 9.90 Å². The fraction of sp³-hybridized carbons (Fsp3) is 0.462. The average molecular weight is 206 g/mol. The second-order valence-corrected chi connectivity index (χ2v) is 4.36. The number of rotatable bonds is 4. The van der Waals surface area contributed by atoms with Crippen LogP contribution in [0.3, 0.4) is 0 Å². The fourth-order valence-electron chi connectivity index (χ4n) is 1.72. The summed E-state index contributed by atoms with van der Waals surface area (Å²) in [5, 5.41) is 8.99. The molecule has 0 radical (unpaired) electrons. The molecule has 0 aliphatic carbocycles. The Hall–Kier alpha value is -1.31. The first-order chi connectivity index (χ1) is 7.02. The maximum atomic E-state index is 10.9. The van der Waals surface area contributed by atoms with Crippen LogP contribution in [0.5, 0.6) is 0 Å². The Morgan fingerprint density at radius 1 is 1.27 bits per heavy atom. The van der Waals surface area contributed by atoms with Gasteiger partial charge in [0.05, 0.1) is 5.92 Å². The normalized spacial score (nSPS) is 12.8. The van der Waals surface area contributed by atoms with Gasteiger partial charge in [0.15, 0.2) is 0 Å². The first-order valence-electron chi connectivity index (χ1n) is 5.33. The SMILES string of the molecule is CC(C)Cc1ccccc1[C@@H](C)C(=O)O. The highest BCUT2D eigenvalue weighted by Gasteiger charge is 2.16. The third-order valence-corrected chi connectivity index (χ3v) is 2.52. The highest BCUT2D eigenvalue weighted by Crippen LogP contribution is 2.22. The molecule has 0 bridgehead atoms. The van der Waals surface area contributed by atoms with Crippen molar-refractivity contribution in [2.24, 2.45) is 5.92 Å². The second kappa shape index (κ2) is 4.96. The fourth-order valence-corrected chi connectivity index (χ4v) is 1.72. The Balaban J connectivity index is 3.00. The summed E-state index contributed by atoms with van der Waals surface area (Å²) in [5.74, 6) is -0.627. The van der Waals surface area contributed by atoms with Crippen LogP contribution in [0.2, 0.25) is 0 Å². The highest BCUT2D eigenvalue weighted by molar-refractivity contribution is 5.76. The van der Waals surface area contributed by atoms with Crippen molar-refractivity contribution >= 4 is 5.97 Å². The van der Waals surface area contributed by atoms with E-state index in [0.717, 1.165) is 17.5 Å². The summed E-state index contributed by atoms with van der Waals surface area (Å²) in [5.41, 5.74) is 2.10. The zero-order valence-electron chi connectivity index (χ0n) is 9.53. The van der Waals surface area contributed by atoms with Crippen LogP contribution in [0.25, 0.3) is 0 Å². The minimum absolute atomic E-state index is 0.417. The molecule has 0 spiro atoms. The molecule has 0 amide bonds. The monoisotopic (exact) mass is 206 g/mol. The molecule has 1 rings (SSSR count). The van der Waals surface area contributed by atoms with Gasteiger partial charge in [-0.3, -0.25) is 4.79 Å². The molecule has 0 saturated heterocycles. The van der Waals surface area contributed by atoms with E-state index in [1.165, 1.54) is 0 Å². The van der Waals surface area contributed by atoms with Crippen molar-refractivity contribution in [2.75, 3.05) is 0 Å². The minimum Gasteiger partial charge on any atom is -0.481 e. The lowest BCUT2D eigenvalue weighted by molar-refractivity contribution is -0.138. The van der Waals surface area contributed by atoms with Crippen LogP contribution in [0.15, 0.2) is 24.3 Å². The summed E-state index contributed by atoms with van der Waals surface area (Å²) < 4.78 is 0. The summed E-state index contributed by atoms with van der Waals surface area (Å²) in [4.78, 5) is 10.9. The predicted molar refractivity (Wildman–Crippen MR) is 61.0 cm³/mol. The Kier molecular flexibility index (Phi) is 3.89. The van der Waals surface area contributed by atoms with Crippen molar-refractivity contribution in [1.29, 1.82) is 0 Å². The predicted octanol–water partition coefficient (Wildman–Crippen LogP) is 3.07. The number of aliphatic carboxylic acids is 1. The van der Waals surface area contributed by atoms with Gasteiger partial charge in [-0.1, -0.05) is 38.1 Å². The Labute approximate surface area is 90.9 Å². The summed E-state index contributed by atoms with van der Waals surface area (Å²) in [7, 11) is 0. The first kappa shape index (κ1) is 11.8. The van der Waals surface area contributed by atoms with Crippen LogP contribution in [0.1, 0.15) is 37.8 Å². The molecule has 2 heteroatoms. The van der Waals surface area contributed by atoms with Gasteiger partial charge in [0.2, 0.25) is 0 Å². The van der Waals surface area contributed by atoms with E-state index in [1.54, 1.807) is 6.92 Å². The van der Waals surface area contributed by atoms with E-state index < -0.39 is 11.9 Å². The summed E-state index contributed by atoms with van der Waals surface area (Å²) >= 11 is 0. The lowest BCUT2D eigenvalue weighted by Gasteiger charge is -2.14.